The molecule has 41 heavy (non-hydrogen) atoms. The maximum absolute atomic E-state index is 5.53. The van der Waals surface area contributed by atoms with Crippen LogP contribution in [0.3, 0.4) is 0 Å². The fraction of sp³-hybridized carbons (Fsp3) is 0.333. The molecule has 0 saturated heterocycles. The summed E-state index contributed by atoms with van der Waals surface area (Å²) < 4.78 is 14.6. The molecule has 0 bridgehead atoms. The second-order valence-electron chi connectivity index (χ2n) is 10.1. The number of hydrogen-bond acceptors (Lipinski definition) is 9. The van der Waals surface area contributed by atoms with Crippen LogP contribution in [-0.4, -0.2) is 66.1 Å². The van der Waals surface area contributed by atoms with Gasteiger partial charge in [-0.3, -0.25) is 4.90 Å². The second kappa shape index (κ2) is 12.3. The third-order valence-corrected chi connectivity index (χ3v) is 7.27. The van der Waals surface area contributed by atoms with E-state index in [9.17, 15) is 0 Å². The highest BCUT2D eigenvalue weighted by molar-refractivity contribution is 5.47. The number of aromatic nitrogens is 8. The van der Waals surface area contributed by atoms with Crippen molar-refractivity contribution in [3.63, 3.8) is 0 Å². The van der Waals surface area contributed by atoms with E-state index in [0.29, 0.717) is 31.1 Å². The molecular weight excluding hydrogens is 518 g/mol. The Labute approximate surface area is 239 Å². The first-order valence-corrected chi connectivity index (χ1v) is 13.5. The maximum atomic E-state index is 5.53. The van der Waals surface area contributed by atoms with Gasteiger partial charge in [-0.1, -0.05) is 42.5 Å². The molecule has 0 saturated carbocycles. The molecule has 0 atom stereocenters. The molecule has 212 valence electrons. The molecule has 0 N–H and O–H groups in total. The monoisotopic (exact) mass is 553 g/mol. The molecule has 0 amide bonds. The predicted octanol–water partition coefficient (Wildman–Crippen LogP) is 4.13. The van der Waals surface area contributed by atoms with Crippen LogP contribution in [0.1, 0.15) is 39.5 Å². The molecule has 5 rings (SSSR count). The van der Waals surface area contributed by atoms with Crippen LogP contribution in [0.25, 0.3) is 11.4 Å². The van der Waals surface area contributed by atoms with Crippen molar-refractivity contribution in [2.45, 2.75) is 47.2 Å². The number of nitrogens with zero attached hydrogens (tertiary/aromatic N) is 9. The summed E-state index contributed by atoms with van der Waals surface area (Å²) in [5, 5.41) is 25.6. The van der Waals surface area contributed by atoms with E-state index in [2.05, 4.69) is 94.0 Å². The normalized spacial score (nSPS) is 11.3. The van der Waals surface area contributed by atoms with Crippen LogP contribution in [0.15, 0.2) is 54.6 Å². The van der Waals surface area contributed by atoms with Crippen LogP contribution in [0.2, 0.25) is 0 Å². The maximum Gasteiger partial charge on any atom is 0.170 e. The van der Waals surface area contributed by atoms with Gasteiger partial charge in [-0.05, 0) is 94.9 Å². The summed E-state index contributed by atoms with van der Waals surface area (Å²) in [4.78, 5) is 2.27. The predicted molar refractivity (Wildman–Crippen MR) is 155 cm³/mol. The average Bonchev–Trinajstić information content (AvgIpc) is 3.61. The van der Waals surface area contributed by atoms with Crippen molar-refractivity contribution < 1.29 is 9.47 Å². The summed E-state index contributed by atoms with van der Waals surface area (Å²) in [5.41, 5.74) is 7.53. The highest BCUT2D eigenvalue weighted by Gasteiger charge is 2.20. The second-order valence-corrected chi connectivity index (χ2v) is 10.1. The number of tetrazole rings is 2. The van der Waals surface area contributed by atoms with Gasteiger partial charge in [-0.25, -0.2) is 0 Å². The zero-order chi connectivity index (χ0) is 28.9. The highest BCUT2D eigenvalue weighted by atomic mass is 16.5. The molecule has 5 aromatic rings. The highest BCUT2D eigenvalue weighted by Crippen LogP contribution is 2.28. The van der Waals surface area contributed by atoms with Crippen molar-refractivity contribution in [2.75, 3.05) is 20.8 Å². The van der Waals surface area contributed by atoms with Crippen molar-refractivity contribution >= 4 is 0 Å². The molecule has 0 aliphatic carbocycles. The zero-order valence-electron chi connectivity index (χ0n) is 24.4. The molecule has 0 aliphatic heterocycles. The smallest absolute Gasteiger partial charge is 0.170 e. The largest absolute Gasteiger partial charge is 0.493 e. The quantitative estimate of drug-likeness (QED) is 0.238. The van der Waals surface area contributed by atoms with E-state index in [4.69, 9.17) is 9.47 Å². The lowest BCUT2D eigenvalue weighted by atomic mass is 10.1. The van der Waals surface area contributed by atoms with E-state index < -0.39 is 0 Å². The zero-order valence-corrected chi connectivity index (χ0v) is 24.4. The van der Waals surface area contributed by atoms with E-state index in [1.807, 2.05) is 33.6 Å². The van der Waals surface area contributed by atoms with Gasteiger partial charge in [0.2, 0.25) is 0 Å². The Hall–Kier alpha value is -4.64. The van der Waals surface area contributed by atoms with Gasteiger partial charge in [0, 0.05) is 6.54 Å². The Bertz CT molecular complexity index is 1510. The Balaban J connectivity index is 1.47. The van der Waals surface area contributed by atoms with Crippen molar-refractivity contribution in [2.24, 2.45) is 0 Å². The first-order chi connectivity index (χ1) is 19.9. The Morgan fingerprint density at radius 1 is 0.659 bits per heavy atom. The molecule has 11 heteroatoms. The number of methoxy groups -OCH3 is 2. The molecule has 0 unspecified atom stereocenters. The van der Waals surface area contributed by atoms with Crippen LogP contribution < -0.4 is 9.47 Å². The Morgan fingerprint density at radius 3 is 1.61 bits per heavy atom. The van der Waals surface area contributed by atoms with Gasteiger partial charge in [0.15, 0.2) is 23.1 Å². The van der Waals surface area contributed by atoms with Crippen molar-refractivity contribution in [1.82, 2.24) is 45.3 Å². The van der Waals surface area contributed by atoms with E-state index in [-0.39, 0.29) is 0 Å². The van der Waals surface area contributed by atoms with Crippen LogP contribution in [0.5, 0.6) is 11.5 Å². The number of para-hydroxylation sites is 2. The Morgan fingerprint density at radius 2 is 1.15 bits per heavy atom. The molecule has 3 aromatic carbocycles. The van der Waals surface area contributed by atoms with Crippen LogP contribution in [0, 0.1) is 27.7 Å². The van der Waals surface area contributed by atoms with E-state index in [1.54, 1.807) is 14.2 Å². The third-order valence-electron chi connectivity index (χ3n) is 7.27. The number of ether oxygens (including phenoxy) is 2. The average molecular weight is 554 g/mol. The number of aryl methyl sites for hydroxylation is 4. The van der Waals surface area contributed by atoms with E-state index >= 15 is 0 Å². The number of benzene rings is 3. The van der Waals surface area contributed by atoms with E-state index in [0.717, 1.165) is 57.3 Å². The van der Waals surface area contributed by atoms with E-state index in [1.165, 1.54) is 0 Å². The summed E-state index contributed by atoms with van der Waals surface area (Å²) >= 11 is 0. The van der Waals surface area contributed by atoms with Gasteiger partial charge in [0.25, 0.3) is 0 Å². The van der Waals surface area contributed by atoms with Gasteiger partial charge in [0.1, 0.15) is 0 Å². The summed E-state index contributed by atoms with van der Waals surface area (Å²) in [6, 6.07) is 18.4. The summed E-state index contributed by atoms with van der Waals surface area (Å²) in [6.45, 7) is 9.97. The molecule has 0 aliphatic rings. The number of rotatable bonds is 11. The molecular formula is C30H35N9O2. The lowest BCUT2D eigenvalue weighted by Crippen LogP contribution is -2.29. The van der Waals surface area contributed by atoms with Gasteiger partial charge < -0.3 is 9.47 Å². The minimum atomic E-state index is 0.494. The standard InChI is InChI=1S/C30H35N9O2/c1-20-9-7-10-21(2)29(20)38-27(31-33-35-38)18-37(16-15-24-13-14-25(40-5)26(17-24)41-6)19-28-32-34-36-39(28)30-22(3)11-8-12-23(30)4/h7-14,17H,15-16,18-19H2,1-6H3. The fourth-order valence-electron chi connectivity index (χ4n) is 5.17. The molecule has 0 fully saturated rings. The first kappa shape index (κ1) is 27.9. The summed E-state index contributed by atoms with van der Waals surface area (Å²) in [5.74, 6) is 2.88. The van der Waals surface area contributed by atoms with Gasteiger partial charge in [-0.15, -0.1) is 10.2 Å². The van der Waals surface area contributed by atoms with Gasteiger partial charge >= 0.3 is 0 Å². The number of hydrogen-bond donors (Lipinski definition) is 0. The van der Waals surface area contributed by atoms with Crippen LogP contribution in [-0.2, 0) is 19.5 Å². The van der Waals surface area contributed by atoms with Crippen molar-refractivity contribution in [1.29, 1.82) is 0 Å². The summed E-state index contributed by atoms with van der Waals surface area (Å²) in [7, 11) is 3.29. The molecule has 2 aromatic heterocycles. The summed E-state index contributed by atoms with van der Waals surface area (Å²) in [6.07, 6.45) is 0.760. The topological polar surface area (TPSA) is 109 Å². The SMILES string of the molecule is COc1ccc(CCN(Cc2nnnn2-c2c(C)cccc2C)Cc2nnnn2-c2c(C)cccc2C)cc1OC. The first-order valence-electron chi connectivity index (χ1n) is 13.5. The van der Waals surface area contributed by atoms with Crippen molar-refractivity contribution in [3.8, 4) is 22.9 Å². The molecule has 2 heterocycles. The van der Waals surface area contributed by atoms with Crippen LogP contribution in [0.4, 0.5) is 0 Å². The van der Waals surface area contributed by atoms with Crippen molar-refractivity contribution in [3.05, 3.63) is 94.1 Å². The third kappa shape index (κ3) is 5.94. The molecule has 11 nitrogen and oxygen atoms in total. The lowest BCUT2D eigenvalue weighted by molar-refractivity contribution is 0.243. The molecule has 0 radical (unpaired) electrons. The van der Waals surface area contributed by atoms with Gasteiger partial charge in [-0.2, -0.15) is 9.36 Å². The minimum Gasteiger partial charge on any atom is -0.493 e. The Kier molecular flexibility index (Phi) is 8.34. The molecule has 0 spiro atoms. The fourth-order valence-corrected chi connectivity index (χ4v) is 5.17. The van der Waals surface area contributed by atoms with Crippen LogP contribution >= 0.6 is 0 Å². The van der Waals surface area contributed by atoms with Gasteiger partial charge in [0.05, 0.1) is 38.7 Å². The minimum absolute atomic E-state index is 0.494. The lowest BCUT2D eigenvalue weighted by Gasteiger charge is -2.22.